The molecule has 0 fully saturated rings. The maximum atomic E-state index is 13.7. The van der Waals surface area contributed by atoms with E-state index in [4.69, 9.17) is 11.5 Å². The van der Waals surface area contributed by atoms with Gasteiger partial charge in [0, 0.05) is 11.1 Å². The molecule has 2 aromatic rings. The smallest absolute Gasteiger partial charge is 0.248 e. The van der Waals surface area contributed by atoms with Crippen LogP contribution in [0.1, 0.15) is 15.9 Å². The van der Waals surface area contributed by atoms with Gasteiger partial charge in [-0.25, -0.2) is 12.8 Å². The third kappa shape index (κ3) is 3.19. The van der Waals surface area contributed by atoms with Crippen molar-refractivity contribution in [3.8, 4) is 0 Å². The molecule has 110 valence electrons. The van der Waals surface area contributed by atoms with Gasteiger partial charge in [0.1, 0.15) is 5.82 Å². The van der Waals surface area contributed by atoms with Crippen LogP contribution in [-0.2, 0) is 15.6 Å². The lowest BCUT2D eigenvalue weighted by Gasteiger charge is -2.09. The highest BCUT2D eigenvalue weighted by Crippen LogP contribution is 2.23. The number of rotatable bonds is 4. The zero-order valence-corrected chi connectivity index (χ0v) is 11.7. The summed E-state index contributed by atoms with van der Waals surface area (Å²) in [6, 6.07) is 9.27. The molecule has 0 saturated heterocycles. The van der Waals surface area contributed by atoms with Gasteiger partial charge in [-0.1, -0.05) is 12.1 Å². The first-order chi connectivity index (χ1) is 9.81. The molecule has 2 aromatic carbocycles. The van der Waals surface area contributed by atoms with Crippen molar-refractivity contribution >= 4 is 21.4 Å². The molecule has 5 nitrogen and oxygen atoms in total. The molecule has 0 bridgehead atoms. The van der Waals surface area contributed by atoms with Crippen LogP contribution in [0.25, 0.3) is 0 Å². The summed E-state index contributed by atoms with van der Waals surface area (Å²) in [6.07, 6.45) is 0. The average molecular weight is 308 g/mol. The molecular weight excluding hydrogens is 295 g/mol. The summed E-state index contributed by atoms with van der Waals surface area (Å²) in [5.74, 6) is -2.08. The van der Waals surface area contributed by atoms with Crippen LogP contribution in [-0.4, -0.2) is 14.3 Å². The second kappa shape index (κ2) is 5.53. The Labute approximate surface area is 121 Å². The molecule has 0 aliphatic carbocycles. The first-order valence-corrected chi connectivity index (χ1v) is 7.62. The summed E-state index contributed by atoms with van der Waals surface area (Å²) in [7, 11) is -3.83. The molecule has 7 heteroatoms. The number of para-hydroxylation sites is 1. The van der Waals surface area contributed by atoms with Crippen LogP contribution >= 0.6 is 0 Å². The van der Waals surface area contributed by atoms with E-state index in [0.29, 0.717) is 0 Å². The largest absolute Gasteiger partial charge is 0.398 e. The topological polar surface area (TPSA) is 103 Å². The van der Waals surface area contributed by atoms with E-state index in [-0.39, 0.29) is 21.7 Å². The van der Waals surface area contributed by atoms with Crippen molar-refractivity contribution in [3.05, 3.63) is 59.4 Å². The Bertz CT molecular complexity index is 804. The molecule has 0 aliphatic heterocycles. The quantitative estimate of drug-likeness (QED) is 0.835. The van der Waals surface area contributed by atoms with E-state index in [9.17, 15) is 17.6 Å². The minimum absolute atomic E-state index is 0.0441. The number of benzene rings is 2. The van der Waals surface area contributed by atoms with E-state index >= 15 is 0 Å². The first-order valence-electron chi connectivity index (χ1n) is 5.97. The third-order valence-corrected chi connectivity index (χ3v) is 4.66. The van der Waals surface area contributed by atoms with Crippen molar-refractivity contribution in [2.75, 3.05) is 5.73 Å². The number of sulfone groups is 1. The van der Waals surface area contributed by atoms with Gasteiger partial charge in [0.25, 0.3) is 0 Å². The number of carbonyl (C=O) groups excluding carboxylic acids is 1. The molecule has 0 spiro atoms. The number of hydrogen-bond acceptors (Lipinski definition) is 4. The van der Waals surface area contributed by atoms with Gasteiger partial charge in [0.15, 0.2) is 9.84 Å². The Kier molecular flexibility index (Phi) is 3.95. The standard InChI is InChI=1S/C14H13FN2O3S/c15-11-6-5-9(14(17)18)7-10(11)8-21(19,20)13-4-2-1-3-12(13)16/h1-7H,8,16H2,(H2,17,18). The lowest BCUT2D eigenvalue weighted by Crippen LogP contribution is -2.13. The molecule has 0 radical (unpaired) electrons. The third-order valence-electron chi connectivity index (χ3n) is 2.93. The maximum absolute atomic E-state index is 13.7. The molecule has 0 unspecified atom stereocenters. The highest BCUT2D eigenvalue weighted by Gasteiger charge is 2.20. The van der Waals surface area contributed by atoms with Crippen LogP contribution in [0.4, 0.5) is 10.1 Å². The summed E-state index contributed by atoms with van der Waals surface area (Å²) < 4.78 is 38.3. The van der Waals surface area contributed by atoms with E-state index in [1.807, 2.05) is 0 Å². The average Bonchev–Trinajstić information content (AvgIpc) is 2.41. The Morgan fingerprint density at radius 2 is 1.81 bits per heavy atom. The highest BCUT2D eigenvalue weighted by atomic mass is 32.2. The lowest BCUT2D eigenvalue weighted by molar-refractivity contribution is 0.1000. The minimum atomic E-state index is -3.83. The van der Waals surface area contributed by atoms with Crippen molar-refractivity contribution in [2.45, 2.75) is 10.6 Å². The Balaban J connectivity index is 2.44. The molecular formula is C14H13FN2O3S. The van der Waals surface area contributed by atoms with Crippen molar-refractivity contribution in [1.82, 2.24) is 0 Å². The van der Waals surface area contributed by atoms with Gasteiger partial charge < -0.3 is 11.5 Å². The van der Waals surface area contributed by atoms with E-state index in [2.05, 4.69) is 0 Å². The van der Waals surface area contributed by atoms with E-state index in [0.717, 1.165) is 12.1 Å². The fourth-order valence-corrected chi connectivity index (χ4v) is 3.38. The fourth-order valence-electron chi connectivity index (χ4n) is 1.88. The summed E-state index contributed by atoms with van der Waals surface area (Å²) >= 11 is 0. The monoisotopic (exact) mass is 308 g/mol. The molecule has 0 aromatic heterocycles. The van der Waals surface area contributed by atoms with Gasteiger partial charge >= 0.3 is 0 Å². The predicted octanol–water partition coefficient (Wildman–Crippen LogP) is 1.48. The Morgan fingerprint density at radius 3 is 2.43 bits per heavy atom. The fraction of sp³-hybridized carbons (Fsp3) is 0.0714. The number of nitrogen functional groups attached to an aromatic ring is 1. The highest BCUT2D eigenvalue weighted by molar-refractivity contribution is 7.90. The molecule has 2 rings (SSSR count). The Hall–Kier alpha value is -2.41. The number of anilines is 1. The predicted molar refractivity (Wildman–Crippen MR) is 76.7 cm³/mol. The minimum Gasteiger partial charge on any atom is -0.398 e. The van der Waals surface area contributed by atoms with Crippen molar-refractivity contribution in [2.24, 2.45) is 5.73 Å². The van der Waals surface area contributed by atoms with Crippen molar-refractivity contribution < 1.29 is 17.6 Å². The van der Waals surface area contributed by atoms with E-state index in [1.165, 1.54) is 24.3 Å². The molecule has 0 atom stereocenters. The Morgan fingerprint density at radius 1 is 1.14 bits per heavy atom. The van der Waals surface area contributed by atoms with E-state index in [1.54, 1.807) is 6.07 Å². The van der Waals surface area contributed by atoms with Gasteiger partial charge in [-0.15, -0.1) is 0 Å². The van der Waals surface area contributed by atoms with Crippen molar-refractivity contribution in [1.29, 1.82) is 0 Å². The van der Waals surface area contributed by atoms with Gasteiger partial charge in [-0.05, 0) is 30.3 Å². The van der Waals surface area contributed by atoms with Crippen molar-refractivity contribution in [3.63, 3.8) is 0 Å². The van der Waals surface area contributed by atoms with Gasteiger partial charge in [0.2, 0.25) is 5.91 Å². The zero-order chi connectivity index (χ0) is 15.6. The second-order valence-corrected chi connectivity index (χ2v) is 6.43. The number of primary amides is 1. The molecule has 0 heterocycles. The molecule has 4 N–H and O–H groups in total. The van der Waals surface area contributed by atoms with Crippen LogP contribution in [0.15, 0.2) is 47.4 Å². The number of amides is 1. The van der Waals surface area contributed by atoms with E-state index < -0.39 is 27.3 Å². The summed E-state index contributed by atoms with van der Waals surface area (Å²) in [5.41, 5.74) is 10.7. The number of carbonyl (C=O) groups is 1. The normalized spacial score (nSPS) is 11.3. The molecule has 0 aliphatic rings. The molecule has 21 heavy (non-hydrogen) atoms. The van der Waals surface area contributed by atoms with Gasteiger partial charge in [-0.2, -0.15) is 0 Å². The lowest BCUT2D eigenvalue weighted by atomic mass is 10.1. The van der Waals surface area contributed by atoms with Crippen LogP contribution in [0.3, 0.4) is 0 Å². The number of hydrogen-bond donors (Lipinski definition) is 2. The van der Waals surface area contributed by atoms with Crippen LogP contribution in [0.5, 0.6) is 0 Å². The zero-order valence-electron chi connectivity index (χ0n) is 10.9. The number of halogens is 1. The van der Waals surface area contributed by atoms with Crippen LogP contribution in [0.2, 0.25) is 0 Å². The summed E-state index contributed by atoms with van der Waals surface area (Å²) in [6.45, 7) is 0. The number of nitrogens with two attached hydrogens (primary N) is 2. The van der Waals surface area contributed by atoms with Gasteiger partial charge in [-0.3, -0.25) is 4.79 Å². The SMILES string of the molecule is NC(=O)c1ccc(F)c(CS(=O)(=O)c2ccccc2N)c1. The summed E-state index contributed by atoms with van der Waals surface area (Å²) in [5, 5.41) is 0. The molecule has 1 amide bonds. The summed E-state index contributed by atoms with van der Waals surface area (Å²) in [4.78, 5) is 11.0. The van der Waals surface area contributed by atoms with Crippen LogP contribution in [0, 0.1) is 5.82 Å². The van der Waals surface area contributed by atoms with Crippen LogP contribution < -0.4 is 11.5 Å². The maximum Gasteiger partial charge on any atom is 0.248 e. The molecule has 0 saturated carbocycles. The first kappa shape index (κ1) is 15.0. The van der Waals surface area contributed by atoms with Gasteiger partial charge in [0.05, 0.1) is 16.3 Å². The second-order valence-electron chi connectivity index (χ2n) is 4.47.